The van der Waals surface area contributed by atoms with Crippen LogP contribution in [-0.2, 0) is 16.1 Å². The summed E-state index contributed by atoms with van der Waals surface area (Å²) < 4.78 is 5.41. The lowest BCUT2D eigenvalue weighted by atomic mass is 10.1. The van der Waals surface area contributed by atoms with Crippen LogP contribution in [0.2, 0.25) is 0 Å². The molecular formula is C21H35IN4O2. The molecule has 158 valence electrons. The molecule has 0 spiro atoms. The van der Waals surface area contributed by atoms with Crippen LogP contribution in [0.1, 0.15) is 63.9 Å². The van der Waals surface area contributed by atoms with E-state index in [9.17, 15) is 4.79 Å². The number of ether oxygens (including phenoxy) is 1. The number of nitrogens with zero attached hydrogens (tertiary/aromatic N) is 1. The summed E-state index contributed by atoms with van der Waals surface area (Å²) in [6, 6.07) is 7.69. The first-order chi connectivity index (χ1) is 13.2. The van der Waals surface area contributed by atoms with Gasteiger partial charge in [0.2, 0.25) is 0 Å². The zero-order chi connectivity index (χ0) is 19.3. The van der Waals surface area contributed by atoms with Crippen LogP contribution in [0, 0.1) is 0 Å². The molecule has 1 aromatic carbocycles. The Kier molecular flexibility index (Phi) is 12.9. The summed E-state index contributed by atoms with van der Waals surface area (Å²) in [6.45, 7) is 4.24. The van der Waals surface area contributed by atoms with Gasteiger partial charge in [-0.1, -0.05) is 51.2 Å². The number of aliphatic imine (C=N–C) groups is 1. The number of unbranched alkanes of at least 4 members (excludes halogenated alkanes) is 5. The fourth-order valence-electron chi connectivity index (χ4n) is 3.11. The van der Waals surface area contributed by atoms with Crippen molar-refractivity contribution < 1.29 is 9.53 Å². The first-order valence-corrected chi connectivity index (χ1v) is 10.2. The zero-order valence-electron chi connectivity index (χ0n) is 16.9. The minimum Gasteiger partial charge on any atom is -0.370 e. The summed E-state index contributed by atoms with van der Waals surface area (Å²) in [6.07, 6.45) is 8.96. The number of hydrogen-bond acceptors (Lipinski definition) is 3. The standard InChI is InChI=1S/C21H34N4O2.HI/c1-2-3-4-5-6-7-13-23-21(22)24-16-17-10-8-11-18(15-17)25-20(26)19-12-9-14-27-19;/h8,10-11,15,19H,2-7,9,12-14,16H2,1H3,(H,25,26)(H3,22,23,24);1H. The number of benzene rings is 1. The molecule has 0 aromatic heterocycles. The van der Waals surface area contributed by atoms with Crippen LogP contribution in [0.4, 0.5) is 5.69 Å². The van der Waals surface area contributed by atoms with Gasteiger partial charge in [0.25, 0.3) is 5.91 Å². The van der Waals surface area contributed by atoms with Gasteiger partial charge in [0.05, 0.1) is 6.54 Å². The van der Waals surface area contributed by atoms with E-state index in [0.717, 1.165) is 37.1 Å². The number of nitrogens with one attached hydrogen (secondary N) is 2. The van der Waals surface area contributed by atoms with Crippen molar-refractivity contribution in [1.29, 1.82) is 0 Å². The predicted octanol–water partition coefficient (Wildman–Crippen LogP) is 4.19. The Hall–Kier alpha value is -1.35. The summed E-state index contributed by atoms with van der Waals surface area (Å²) in [5.41, 5.74) is 7.71. The molecule has 1 aliphatic rings. The van der Waals surface area contributed by atoms with Crippen LogP contribution in [-0.4, -0.2) is 31.1 Å². The predicted molar refractivity (Wildman–Crippen MR) is 126 cm³/mol. The Morgan fingerprint density at radius 1 is 1.25 bits per heavy atom. The molecule has 1 aliphatic heterocycles. The van der Waals surface area contributed by atoms with Crippen LogP contribution in [0.15, 0.2) is 29.3 Å². The molecule has 1 aromatic rings. The van der Waals surface area contributed by atoms with E-state index < -0.39 is 0 Å². The van der Waals surface area contributed by atoms with Crippen molar-refractivity contribution in [3.05, 3.63) is 29.8 Å². The van der Waals surface area contributed by atoms with Crippen molar-refractivity contribution in [2.45, 2.75) is 70.9 Å². The highest BCUT2D eigenvalue weighted by Crippen LogP contribution is 2.16. The summed E-state index contributed by atoms with van der Waals surface area (Å²) in [7, 11) is 0. The molecule has 2 rings (SSSR count). The second kappa shape index (κ2) is 14.6. The number of guanidine groups is 1. The van der Waals surface area contributed by atoms with E-state index in [0.29, 0.717) is 19.1 Å². The van der Waals surface area contributed by atoms with Gasteiger partial charge in [-0.05, 0) is 37.0 Å². The average molecular weight is 502 g/mol. The number of hydrogen-bond donors (Lipinski definition) is 3. The van der Waals surface area contributed by atoms with Crippen LogP contribution < -0.4 is 16.4 Å². The minimum atomic E-state index is -0.325. The Balaban J connectivity index is 0.00000392. The molecule has 0 bridgehead atoms. The van der Waals surface area contributed by atoms with E-state index in [1.54, 1.807) is 0 Å². The lowest BCUT2D eigenvalue weighted by Gasteiger charge is -2.11. The average Bonchev–Trinajstić information content (AvgIpc) is 3.21. The van der Waals surface area contributed by atoms with Gasteiger partial charge in [-0.2, -0.15) is 0 Å². The van der Waals surface area contributed by atoms with Gasteiger partial charge >= 0.3 is 0 Å². The second-order valence-electron chi connectivity index (χ2n) is 7.09. The number of halogens is 1. The van der Waals surface area contributed by atoms with E-state index in [-0.39, 0.29) is 36.0 Å². The fourth-order valence-corrected chi connectivity index (χ4v) is 3.11. The molecule has 0 radical (unpaired) electrons. The van der Waals surface area contributed by atoms with Crippen molar-refractivity contribution >= 4 is 41.5 Å². The number of carbonyl (C=O) groups excluding carboxylic acids is 1. The zero-order valence-corrected chi connectivity index (χ0v) is 19.2. The molecule has 1 heterocycles. The first kappa shape index (κ1) is 24.7. The molecule has 1 atom stereocenters. The van der Waals surface area contributed by atoms with Crippen LogP contribution in [0.5, 0.6) is 0 Å². The van der Waals surface area contributed by atoms with Gasteiger partial charge in [-0.15, -0.1) is 24.0 Å². The molecule has 1 unspecified atom stereocenters. The quantitative estimate of drug-likeness (QED) is 0.183. The van der Waals surface area contributed by atoms with Crippen LogP contribution in [0.3, 0.4) is 0 Å². The molecule has 1 saturated heterocycles. The van der Waals surface area contributed by atoms with Gasteiger partial charge in [0, 0.05) is 18.8 Å². The maximum Gasteiger partial charge on any atom is 0.253 e. The third kappa shape index (κ3) is 9.73. The molecule has 0 aliphatic carbocycles. The van der Waals surface area contributed by atoms with Gasteiger partial charge in [-0.3, -0.25) is 4.79 Å². The highest BCUT2D eigenvalue weighted by atomic mass is 127. The number of anilines is 1. The number of amides is 1. The Morgan fingerprint density at radius 2 is 2.04 bits per heavy atom. The molecule has 7 heteroatoms. The highest BCUT2D eigenvalue weighted by molar-refractivity contribution is 14.0. The molecule has 28 heavy (non-hydrogen) atoms. The second-order valence-corrected chi connectivity index (χ2v) is 7.09. The Morgan fingerprint density at radius 3 is 2.79 bits per heavy atom. The maximum atomic E-state index is 12.1. The van der Waals surface area contributed by atoms with E-state index in [2.05, 4.69) is 22.5 Å². The summed E-state index contributed by atoms with van der Waals surface area (Å²) >= 11 is 0. The molecule has 1 amide bonds. The molecule has 0 saturated carbocycles. The van der Waals surface area contributed by atoms with E-state index >= 15 is 0 Å². The Bertz CT molecular complexity index is 604. The van der Waals surface area contributed by atoms with Crippen molar-refractivity contribution in [3.63, 3.8) is 0 Å². The minimum absolute atomic E-state index is 0. The molecule has 6 nitrogen and oxygen atoms in total. The SMILES string of the molecule is CCCCCCCCNC(N)=NCc1cccc(NC(=O)C2CCCO2)c1.I. The van der Waals surface area contributed by atoms with Gasteiger partial charge in [0.1, 0.15) is 6.10 Å². The van der Waals surface area contributed by atoms with E-state index in [4.69, 9.17) is 10.5 Å². The summed E-state index contributed by atoms with van der Waals surface area (Å²) in [5.74, 6) is 0.394. The third-order valence-electron chi connectivity index (χ3n) is 4.69. The van der Waals surface area contributed by atoms with Crippen molar-refractivity contribution in [2.75, 3.05) is 18.5 Å². The van der Waals surface area contributed by atoms with Crippen molar-refractivity contribution in [2.24, 2.45) is 10.7 Å². The summed E-state index contributed by atoms with van der Waals surface area (Å²) in [4.78, 5) is 16.5. The van der Waals surface area contributed by atoms with Crippen molar-refractivity contribution in [1.82, 2.24) is 5.32 Å². The van der Waals surface area contributed by atoms with E-state index in [1.807, 2.05) is 24.3 Å². The van der Waals surface area contributed by atoms with Crippen LogP contribution >= 0.6 is 24.0 Å². The van der Waals surface area contributed by atoms with Crippen LogP contribution in [0.25, 0.3) is 0 Å². The maximum absolute atomic E-state index is 12.1. The highest BCUT2D eigenvalue weighted by Gasteiger charge is 2.23. The number of carbonyl (C=O) groups is 1. The normalized spacial score (nSPS) is 16.5. The fraction of sp³-hybridized carbons (Fsp3) is 0.619. The number of nitrogens with two attached hydrogens (primary N) is 1. The van der Waals surface area contributed by atoms with Gasteiger partial charge < -0.3 is 21.1 Å². The third-order valence-corrected chi connectivity index (χ3v) is 4.69. The van der Waals surface area contributed by atoms with Crippen molar-refractivity contribution in [3.8, 4) is 0 Å². The topological polar surface area (TPSA) is 88.7 Å². The lowest BCUT2D eigenvalue weighted by Crippen LogP contribution is -2.32. The lowest BCUT2D eigenvalue weighted by molar-refractivity contribution is -0.124. The monoisotopic (exact) mass is 502 g/mol. The van der Waals surface area contributed by atoms with E-state index in [1.165, 1.54) is 32.1 Å². The Labute approximate surface area is 186 Å². The molecule has 1 fully saturated rings. The largest absolute Gasteiger partial charge is 0.370 e. The first-order valence-electron chi connectivity index (χ1n) is 10.2. The number of rotatable bonds is 11. The van der Waals surface area contributed by atoms with Gasteiger partial charge in [0.15, 0.2) is 5.96 Å². The summed E-state index contributed by atoms with van der Waals surface area (Å²) in [5, 5.41) is 6.08. The molecular weight excluding hydrogens is 467 g/mol. The molecule has 4 N–H and O–H groups in total. The smallest absolute Gasteiger partial charge is 0.253 e. The van der Waals surface area contributed by atoms with Gasteiger partial charge in [-0.25, -0.2) is 4.99 Å².